The number of anilines is 1. The zero-order valence-corrected chi connectivity index (χ0v) is 19.0. The molecule has 0 aliphatic heterocycles. The molecule has 0 atom stereocenters. The second kappa shape index (κ2) is 9.60. The summed E-state index contributed by atoms with van der Waals surface area (Å²) >= 11 is 0. The van der Waals surface area contributed by atoms with Crippen molar-refractivity contribution in [2.45, 2.75) is 33.8 Å². The van der Waals surface area contributed by atoms with E-state index in [-0.39, 0.29) is 18.4 Å². The molecule has 0 unspecified atom stereocenters. The van der Waals surface area contributed by atoms with E-state index in [2.05, 4.69) is 22.6 Å². The standard InChI is InChI=1S/C25H25N3O5/c1-5-17-6-8-18(9-7-17)21-13-24(33-28-21)26-25(29)19-10-11-22(23(12-19)30-4)31-14-20-15(2)27-32-16(20)3/h6-13H,5,14H2,1-4H3,(H,26,29). The van der Waals surface area contributed by atoms with Gasteiger partial charge in [-0.25, -0.2) is 0 Å². The molecule has 2 heterocycles. The lowest BCUT2D eigenvalue weighted by atomic mass is 10.1. The minimum absolute atomic E-state index is 0.257. The van der Waals surface area contributed by atoms with Gasteiger partial charge in [-0.15, -0.1) is 0 Å². The van der Waals surface area contributed by atoms with Crippen molar-refractivity contribution in [3.63, 3.8) is 0 Å². The fourth-order valence-electron chi connectivity index (χ4n) is 3.35. The van der Waals surface area contributed by atoms with Crippen LogP contribution in [0.4, 0.5) is 5.88 Å². The van der Waals surface area contributed by atoms with E-state index in [9.17, 15) is 4.79 Å². The van der Waals surface area contributed by atoms with Crippen molar-refractivity contribution < 1.29 is 23.3 Å². The predicted octanol–water partition coefficient (Wildman–Crippen LogP) is 5.35. The first-order valence-electron chi connectivity index (χ1n) is 10.6. The molecule has 1 N–H and O–H groups in total. The Morgan fingerprint density at radius 1 is 1.00 bits per heavy atom. The fourth-order valence-corrected chi connectivity index (χ4v) is 3.35. The monoisotopic (exact) mass is 447 g/mol. The summed E-state index contributed by atoms with van der Waals surface area (Å²) in [5.41, 5.74) is 4.84. The number of nitrogens with one attached hydrogen (secondary N) is 1. The maximum absolute atomic E-state index is 12.7. The van der Waals surface area contributed by atoms with Gasteiger partial charge in [0.1, 0.15) is 18.1 Å². The predicted molar refractivity (Wildman–Crippen MR) is 123 cm³/mol. The van der Waals surface area contributed by atoms with Crippen molar-refractivity contribution in [3.8, 4) is 22.8 Å². The normalized spacial score (nSPS) is 10.8. The van der Waals surface area contributed by atoms with Gasteiger partial charge in [-0.1, -0.05) is 41.5 Å². The Morgan fingerprint density at radius 2 is 1.79 bits per heavy atom. The molecule has 0 bridgehead atoms. The Morgan fingerprint density at radius 3 is 2.45 bits per heavy atom. The Bertz CT molecular complexity index is 1240. The molecule has 33 heavy (non-hydrogen) atoms. The Hall–Kier alpha value is -4.07. The Kier molecular flexibility index (Phi) is 6.44. The number of rotatable bonds is 8. The number of aryl methyl sites for hydroxylation is 3. The smallest absolute Gasteiger partial charge is 0.258 e. The van der Waals surface area contributed by atoms with E-state index in [1.165, 1.54) is 12.7 Å². The molecule has 0 fully saturated rings. The number of methoxy groups -OCH3 is 1. The molecule has 8 nitrogen and oxygen atoms in total. The quantitative estimate of drug-likeness (QED) is 0.389. The van der Waals surface area contributed by atoms with Gasteiger partial charge in [-0.2, -0.15) is 0 Å². The highest BCUT2D eigenvalue weighted by Crippen LogP contribution is 2.30. The van der Waals surface area contributed by atoms with Gasteiger partial charge < -0.3 is 18.5 Å². The van der Waals surface area contributed by atoms with E-state index < -0.39 is 0 Å². The number of ether oxygens (including phenoxy) is 2. The molecule has 0 saturated heterocycles. The molecule has 8 heteroatoms. The van der Waals surface area contributed by atoms with E-state index >= 15 is 0 Å². The molecule has 4 rings (SSSR count). The van der Waals surface area contributed by atoms with Crippen LogP contribution in [0.2, 0.25) is 0 Å². The van der Waals surface area contributed by atoms with Crippen LogP contribution in [-0.2, 0) is 13.0 Å². The van der Waals surface area contributed by atoms with Crippen LogP contribution in [0.3, 0.4) is 0 Å². The van der Waals surface area contributed by atoms with Crippen LogP contribution < -0.4 is 14.8 Å². The van der Waals surface area contributed by atoms with Crippen molar-refractivity contribution in [2.24, 2.45) is 0 Å². The van der Waals surface area contributed by atoms with Crippen LogP contribution in [0.15, 0.2) is 57.6 Å². The van der Waals surface area contributed by atoms with E-state index in [4.69, 9.17) is 18.5 Å². The number of hydrogen-bond donors (Lipinski definition) is 1. The molecule has 0 aliphatic carbocycles. The molecule has 2 aromatic heterocycles. The van der Waals surface area contributed by atoms with E-state index in [1.807, 2.05) is 38.1 Å². The summed E-state index contributed by atoms with van der Waals surface area (Å²) in [6.07, 6.45) is 0.966. The van der Waals surface area contributed by atoms with Crippen molar-refractivity contribution in [1.82, 2.24) is 10.3 Å². The highest BCUT2D eigenvalue weighted by molar-refractivity contribution is 6.04. The summed E-state index contributed by atoms with van der Waals surface area (Å²) in [4.78, 5) is 12.7. The van der Waals surface area contributed by atoms with E-state index in [0.717, 1.165) is 23.2 Å². The molecular weight excluding hydrogens is 422 g/mol. The Balaban J connectivity index is 1.44. The topological polar surface area (TPSA) is 99.6 Å². The van der Waals surface area contributed by atoms with Gasteiger partial charge >= 0.3 is 0 Å². The summed E-state index contributed by atoms with van der Waals surface area (Å²) in [6.45, 7) is 6.07. The van der Waals surface area contributed by atoms with E-state index in [1.54, 1.807) is 24.3 Å². The van der Waals surface area contributed by atoms with Crippen LogP contribution in [0.5, 0.6) is 11.5 Å². The first-order valence-corrected chi connectivity index (χ1v) is 10.6. The van der Waals surface area contributed by atoms with Crippen LogP contribution in [0, 0.1) is 13.8 Å². The maximum Gasteiger partial charge on any atom is 0.258 e. The van der Waals surface area contributed by atoms with Gasteiger partial charge in [0, 0.05) is 17.2 Å². The summed E-state index contributed by atoms with van der Waals surface area (Å²) in [5.74, 6) is 1.55. The number of hydrogen-bond acceptors (Lipinski definition) is 7. The lowest BCUT2D eigenvalue weighted by Crippen LogP contribution is -2.11. The van der Waals surface area contributed by atoms with Crippen molar-refractivity contribution >= 4 is 11.8 Å². The molecule has 1 amide bonds. The third kappa shape index (κ3) is 4.90. The summed E-state index contributed by atoms with van der Waals surface area (Å²) in [6, 6.07) is 14.7. The number of carbonyl (C=O) groups is 1. The van der Waals surface area contributed by atoms with Crippen molar-refractivity contribution in [3.05, 3.63) is 76.7 Å². The molecule has 0 saturated carbocycles. The van der Waals surface area contributed by atoms with Crippen LogP contribution >= 0.6 is 0 Å². The lowest BCUT2D eigenvalue weighted by molar-refractivity contribution is 0.102. The SMILES string of the molecule is CCc1ccc(-c2cc(NC(=O)c3ccc(OCc4c(C)noc4C)c(OC)c3)on2)cc1. The Labute approximate surface area is 191 Å². The van der Waals surface area contributed by atoms with Gasteiger partial charge in [0.2, 0.25) is 5.88 Å². The second-order valence-corrected chi connectivity index (χ2v) is 7.54. The second-order valence-electron chi connectivity index (χ2n) is 7.54. The number of benzene rings is 2. The molecule has 0 aliphatic rings. The highest BCUT2D eigenvalue weighted by Gasteiger charge is 2.16. The largest absolute Gasteiger partial charge is 0.493 e. The number of carbonyl (C=O) groups excluding carboxylic acids is 1. The molecular formula is C25H25N3O5. The van der Waals surface area contributed by atoms with Crippen molar-refractivity contribution in [2.75, 3.05) is 12.4 Å². The summed E-state index contributed by atoms with van der Waals surface area (Å²) in [5, 5.41) is 10.7. The minimum atomic E-state index is -0.352. The zero-order valence-electron chi connectivity index (χ0n) is 19.0. The van der Waals surface area contributed by atoms with Gasteiger partial charge in [0.05, 0.1) is 18.4 Å². The van der Waals surface area contributed by atoms with Gasteiger partial charge in [-0.05, 0) is 44.0 Å². The van der Waals surface area contributed by atoms with Gasteiger partial charge in [0.15, 0.2) is 11.5 Å². The highest BCUT2D eigenvalue weighted by atomic mass is 16.5. The third-order valence-electron chi connectivity index (χ3n) is 5.38. The average molecular weight is 447 g/mol. The summed E-state index contributed by atoms with van der Waals surface area (Å²) < 4.78 is 21.7. The molecule has 0 radical (unpaired) electrons. The van der Waals surface area contributed by atoms with Crippen LogP contribution in [0.25, 0.3) is 11.3 Å². The molecule has 170 valence electrons. The lowest BCUT2D eigenvalue weighted by Gasteiger charge is -2.12. The molecule has 0 spiro atoms. The molecule has 2 aromatic carbocycles. The summed E-state index contributed by atoms with van der Waals surface area (Å²) in [7, 11) is 1.52. The first kappa shape index (κ1) is 22.1. The number of aromatic nitrogens is 2. The van der Waals surface area contributed by atoms with E-state index in [0.29, 0.717) is 28.5 Å². The van der Waals surface area contributed by atoms with Gasteiger partial charge in [0.25, 0.3) is 5.91 Å². The third-order valence-corrected chi connectivity index (χ3v) is 5.38. The average Bonchev–Trinajstić information content (AvgIpc) is 3.43. The first-order chi connectivity index (χ1) is 16.0. The minimum Gasteiger partial charge on any atom is -0.493 e. The molecule has 4 aromatic rings. The van der Waals surface area contributed by atoms with Crippen LogP contribution in [-0.4, -0.2) is 23.3 Å². The number of nitrogens with zero attached hydrogens (tertiary/aromatic N) is 2. The van der Waals surface area contributed by atoms with Crippen molar-refractivity contribution in [1.29, 1.82) is 0 Å². The maximum atomic E-state index is 12.7. The fraction of sp³-hybridized carbons (Fsp3) is 0.240. The van der Waals surface area contributed by atoms with Crippen LogP contribution in [0.1, 0.15) is 39.9 Å². The number of amides is 1. The zero-order chi connectivity index (χ0) is 23.4. The van der Waals surface area contributed by atoms with Gasteiger partial charge in [-0.3, -0.25) is 10.1 Å².